The van der Waals surface area contributed by atoms with Crippen LogP contribution in [0.5, 0.6) is 5.75 Å². The average Bonchev–Trinajstić information content (AvgIpc) is 2.57. The summed E-state index contributed by atoms with van der Waals surface area (Å²) >= 11 is 0. The number of phenolic OH excluding ortho intramolecular Hbond substituents is 1. The van der Waals surface area contributed by atoms with Crippen molar-refractivity contribution < 1.29 is 14.3 Å². The van der Waals surface area contributed by atoms with E-state index in [0.29, 0.717) is 5.39 Å². The minimum atomic E-state index is -0.569. The Labute approximate surface area is 131 Å². The second-order valence-corrected chi connectivity index (χ2v) is 4.90. The number of hydrogen-bond acceptors (Lipinski definition) is 3. The van der Waals surface area contributed by atoms with Gasteiger partial charge in [0, 0.05) is 10.9 Å². The van der Waals surface area contributed by atoms with Crippen LogP contribution in [0.3, 0.4) is 0 Å². The molecule has 5 heteroatoms. The van der Waals surface area contributed by atoms with Gasteiger partial charge in [0.25, 0.3) is 5.91 Å². The number of carbonyl (C=O) groups excluding carboxylic acids is 1. The zero-order valence-electron chi connectivity index (χ0n) is 12.0. The molecule has 0 aliphatic carbocycles. The number of fused-ring (bicyclic) bond motifs is 1. The van der Waals surface area contributed by atoms with Gasteiger partial charge in [-0.2, -0.15) is 5.10 Å². The molecule has 0 aliphatic rings. The highest BCUT2D eigenvalue weighted by Gasteiger charge is 2.12. The molecule has 0 aliphatic heterocycles. The lowest BCUT2D eigenvalue weighted by Crippen LogP contribution is -2.17. The molecule has 0 atom stereocenters. The van der Waals surface area contributed by atoms with Crippen LogP contribution in [-0.4, -0.2) is 17.2 Å². The normalized spacial score (nSPS) is 11.0. The van der Waals surface area contributed by atoms with Crippen LogP contribution in [0.2, 0.25) is 0 Å². The molecule has 0 unspecified atom stereocenters. The van der Waals surface area contributed by atoms with Crippen molar-refractivity contribution in [3.05, 3.63) is 77.6 Å². The Morgan fingerprint density at radius 3 is 2.61 bits per heavy atom. The molecule has 3 rings (SSSR count). The van der Waals surface area contributed by atoms with Gasteiger partial charge in [0.05, 0.1) is 11.8 Å². The summed E-state index contributed by atoms with van der Waals surface area (Å²) in [6.07, 6.45) is 1.21. The van der Waals surface area contributed by atoms with Gasteiger partial charge in [0.1, 0.15) is 11.6 Å². The third-order valence-corrected chi connectivity index (χ3v) is 3.42. The second-order valence-electron chi connectivity index (χ2n) is 4.90. The third kappa shape index (κ3) is 3.03. The zero-order valence-corrected chi connectivity index (χ0v) is 12.0. The Hall–Kier alpha value is -3.21. The largest absolute Gasteiger partial charge is 0.506 e. The molecule has 4 nitrogen and oxygen atoms in total. The molecule has 0 spiro atoms. The first-order valence-corrected chi connectivity index (χ1v) is 6.95. The highest BCUT2D eigenvalue weighted by molar-refractivity contribution is 6.03. The number of halogens is 1. The fraction of sp³-hybridized carbons (Fsp3) is 0. The van der Waals surface area contributed by atoms with Gasteiger partial charge in [-0.1, -0.05) is 48.5 Å². The van der Waals surface area contributed by atoms with Crippen LogP contribution in [0.25, 0.3) is 10.8 Å². The van der Waals surface area contributed by atoms with Crippen LogP contribution < -0.4 is 5.43 Å². The SMILES string of the molecule is O=C(NN=Cc1ccccc1F)c1ccc2ccccc2c1O. The van der Waals surface area contributed by atoms with E-state index in [9.17, 15) is 14.3 Å². The molecule has 1 amide bonds. The fourth-order valence-corrected chi connectivity index (χ4v) is 2.24. The fourth-order valence-electron chi connectivity index (χ4n) is 2.24. The van der Waals surface area contributed by atoms with E-state index < -0.39 is 11.7 Å². The molecule has 3 aromatic carbocycles. The predicted molar refractivity (Wildman–Crippen MR) is 87.1 cm³/mol. The molecule has 3 aromatic rings. The van der Waals surface area contributed by atoms with E-state index in [1.807, 2.05) is 12.1 Å². The van der Waals surface area contributed by atoms with Crippen molar-refractivity contribution in [2.75, 3.05) is 0 Å². The van der Waals surface area contributed by atoms with Crippen molar-refractivity contribution in [2.45, 2.75) is 0 Å². The van der Waals surface area contributed by atoms with Crippen molar-refractivity contribution in [3.8, 4) is 5.75 Å². The van der Waals surface area contributed by atoms with Crippen LogP contribution in [-0.2, 0) is 0 Å². The smallest absolute Gasteiger partial charge is 0.275 e. The number of hydrogen-bond donors (Lipinski definition) is 2. The first kappa shape index (κ1) is 14.7. The third-order valence-electron chi connectivity index (χ3n) is 3.42. The van der Waals surface area contributed by atoms with Crippen molar-refractivity contribution in [3.63, 3.8) is 0 Å². The molecular formula is C18H13FN2O2. The van der Waals surface area contributed by atoms with E-state index in [1.165, 1.54) is 18.3 Å². The van der Waals surface area contributed by atoms with Gasteiger partial charge in [0.2, 0.25) is 0 Å². The van der Waals surface area contributed by atoms with Gasteiger partial charge in [-0.3, -0.25) is 4.79 Å². The molecule has 114 valence electrons. The Balaban J connectivity index is 1.81. The number of benzene rings is 3. The summed E-state index contributed by atoms with van der Waals surface area (Å²) in [6.45, 7) is 0. The summed E-state index contributed by atoms with van der Waals surface area (Å²) in [5.74, 6) is -1.11. The topological polar surface area (TPSA) is 61.7 Å². The standard InChI is InChI=1S/C18H13FN2O2/c19-16-8-4-2-6-13(16)11-20-21-18(23)15-10-9-12-5-1-3-7-14(12)17(15)22/h1-11,22H,(H,21,23). The lowest BCUT2D eigenvalue weighted by molar-refractivity contribution is 0.0952. The lowest BCUT2D eigenvalue weighted by Gasteiger charge is -2.06. The summed E-state index contributed by atoms with van der Waals surface area (Å²) < 4.78 is 13.4. The number of nitrogens with one attached hydrogen (secondary N) is 1. The lowest BCUT2D eigenvalue weighted by atomic mass is 10.1. The number of aromatic hydroxyl groups is 1. The summed E-state index contributed by atoms with van der Waals surface area (Å²) in [7, 11) is 0. The highest BCUT2D eigenvalue weighted by Crippen LogP contribution is 2.28. The Bertz CT molecular complexity index is 906. The Morgan fingerprint density at radius 2 is 1.78 bits per heavy atom. The van der Waals surface area contributed by atoms with Crippen LogP contribution in [0.1, 0.15) is 15.9 Å². The molecule has 2 N–H and O–H groups in total. The van der Waals surface area contributed by atoms with Crippen molar-refractivity contribution in [1.82, 2.24) is 5.43 Å². The van der Waals surface area contributed by atoms with Gasteiger partial charge < -0.3 is 5.11 Å². The number of rotatable bonds is 3. The highest BCUT2D eigenvalue weighted by atomic mass is 19.1. The van der Waals surface area contributed by atoms with Gasteiger partial charge in [0.15, 0.2) is 0 Å². The van der Waals surface area contributed by atoms with Crippen molar-refractivity contribution in [1.29, 1.82) is 0 Å². The molecule has 0 saturated carbocycles. The van der Waals surface area contributed by atoms with Gasteiger partial charge >= 0.3 is 0 Å². The van der Waals surface area contributed by atoms with Gasteiger partial charge in [-0.05, 0) is 17.5 Å². The van der Waals surface area contributed by atoms with E-state index in [0.717, 1.165) is 5.39 Å². The number of carbonyl (C=O) groups is 1. The number of nitrogens with zero attached hydrogens (tertiary/aromatic N) is 1. The molecule has 0 heterocycles. The van der Waals surface area contributed by atoms with Gasteiger partial charge in [-0.25, -0.2) is 9.82 Å². The van der Waals surface area contributed by atoms with Gasteiger partial charge in [-0.15, -0.1) is 0 Å². The minimum absolute atomic E-state index is 0.106. The molecule has 0 bridgehead atoms. The Morgan fingerprint density at radius 1 is 1.04 bits per heavy atom. The summed E-state index contributed by atoms with van der Waals surface area (Å²) in [6, 6.07) is 16.5. The summed E-state index contributed by atoms with van der Waals surface area (Å²) in [5, 5.41) is 15.3. The van der Waals surface area contributed by atoms with E-state index in [2.05, 4.69) is 10.5 Å². The summed E-state index contributed by atoms with van der Waals surface area (Å²) in [4.78, 5) is 12.1. The number of phenols is 1. The second kappa shape index (κ2) is 6.27. The minimum Gasteiger partial charge on any atom is -0.506 e. The van der Waals surface area contributed by atoms with E-state index in [-0.39, 0.29) is 16.9 Å². The average molecular weight is 308 g/mol. The molecule has 0 aromatic heterocycles. The maximum atomic E-state index is 13.4. The van der Waals surface area contributed by atoms with Crippen molar-refractivity contribution >= 4 is 22.9 Å². The molecule has 0 saturated heterocycles. The van der Waals surface area contributed by atoms with E-state index in [1.54, 1.807) is 36.4 Å². The van der Waals surface area contributed by atoms with Crippen LogP contribution >= 0.6 is 0 Å². The number of hydrazone groups is 1. The molecular weight excluding hydrogens is 295 g/mol. The van der Waals surface area contributed by atoms with E-state index >= 15 is 0 Å². The number of amides is 1. The monoisotopic (exact) mass is 308 g/mol. The van der Waals surface area contributed by atoms with Crippen molar-refractivity contribution in [2.24, 2.45) is 5.10 Å². The first-order valence-electron chi connectivity index (χ1n) is 6.95. The van der Waals surface area contributed by atoms with Crippen LogP contribution in [0, 0.1) is 5.82 Å². The summed E-state index contributed by atoms with van der Waals surface area (Å²) in [5.41, 5.74) is 2.65. The Kier molecular flexibility index (Phi) is 4.01. The maximum absolute atomic E-state index is 13.4. The van der Waals surface area contributed by atoms with Crippen LogP contribution in [0.15, 0.2) is 65.8 Å². The molecule has 0 radical (unpaired) electrons. The molecule has 23 heavy (non-hydrogen) atoms. The predicted octanol–water partition coefficient (Wildman–Crippen LogP) is 3.45. The first-order chi connectivity index (χ1) is 11.2. The molecule has 0 fully saturated rings. The quantitative estimate of drug-likeness (QED) is 0.575. The maximum Gasteiger partial charge on any atom is 0.275 e. The zero-order chi connectivity index (χ0) is 16.2. The van der Waals surface area contributed by atoms with Crippen LogP contribution in [0.4, 0.5) is 4.39 Å². The van der Waals surface area contributed by atoms with E-state index in [4.69, 9.17) is 0 Å².